The molecule has 6 nitrogen and oxygen atoms in total. The molecule has 8 heteroatoms. The van der Waals surface area contributed by atoms with Crippen LogP contribution >= 0.6 is 22.9 Å². The molecule has 2 heterocycles. The minimum Gasteiger partial charge on any atom is -0.486 e. The monoisotopic (exact) mass is 381 g/mol. The molecule has 2 aromatic rings. The first-order valence-corrected chi connectivity index (χ1v) is 8.90. The van der Waals surface area contributed by atoms with E-state index in [0.717, 1.165) is 4.88 Å². The Labute approximate surface area is 153 Å². The zero-order chi connectivity index (χ0) is 17.6. The molecule has 0 bridgehead atoms. The van der Waals surface area contributed by atoms with Crippen LogP contribution in [-0.2, 0) is 27.3 Å². The minimum atomic E-state index is -0.515. The van der Waals surface area contributed by atoms with E-state index in [1.807, 2.05) is 17.5 Å². The lowest BCUT2D eigenvalue weighted by Crippen LogP contribution is -2.28. The molecule has 0 radical (unpaired) electrons. The van der Waals surface area contributed by atoms with Crippen molar-refractivity contribution in [1.29, 1.82) is 0 Å². The normalized spacial score (nSPS) is 12.5. The van der Waals surface area contributed by atoms with Crippen LogP contribution in [0.1, 0.15) is 10.4 Å². The first-order valence-electron chi connectivity index (χ1n) is 7.64. The molecule has 0 atom stereocenters. The average molecular weight is 382 g/mol. The van der Waals surface area contributed by atoms with Crippen molar-refractivity contribution in [3.63, 3.8) is 0 Å². The Morgan fingerprint density at radius 1 is 1.28 bits per heavy atom. The fourth-order valence-corrected chi connectivity index (χ4v) is 3.21. The third-order valence-electron chi connectivity index (χ3n) is 3.41. The summed E-state index contributed by atoms with van der Waals surface area (Å²) >= 11 is 7.67. The van der Waals surface area contributed by atoms with E-state index >= 15 is 0 Å². The highest BCUT2D eigenvalue weighted by molar-refractivity contribution is 7.09. The standard InChI is InChI=1S/C17H16ClNO5S/c18-13-6-11(7-14-17(13)23-4-3-22-14)8-16(21)24-10-15(20)19-9-12-2-1-5-25-12/h1-2,5-7H,3-4,8-10H2,(H,19,20). The van der Waals surface area contributed by atoms with E-state index in [4.69, 9.17) is 25.8 Å². The second-order valence-corrected chi connectivity index (χ2v) is 6.73. The number of fused-ring (bicyclic) bond motifs is 1. The van der Waals surface area contributed by atoms with Gasteiger partial charge < -0.3 is 19.5 Å². The molecular formula is C17H16ClNO5S. The fourth-order valence-electron chi connectivity index (χ4n) is 2.28. The van der Waals surface area contributed by atoms with Gasteiger partial charge >= 0.3 is 5.97 Å². The maximum Gasteiger partial charge on any atom is 0.310 e. The zero-order valence-electron chi connectivity index (χ0n) is 13.2. The quantitative estimate of drug-likeness (QED) is 0.778. The van der Waals surface area contributed by atoms with E-state index in [-0.39, 0.29) is 18.9 Å². The Balaban J connectivity index is 1.47. The lowest BCUT2D eigenvalue weighted by Gasteiger charge is -2.20. The number of carbonyl (C=O) groups excluding carboxylic acids is 2. The summed E-state index contributed by atoms with van der Waals surface area (Å²) in [5, 5.41) is 5.00. The second-order valence-electron chi connectivity index (χ2n) is 5.30. The lowest BCUT2D eigenvalue weighted by molar-refractivity contribution is -0.147. The number of thiophene rings is 1. The number of benzene rings is 1. The van der Waals surface area contributed by atoms with Gasteiger partial charge in [-0.2, -0.15) is 0 Å². The molecule has 1 aromatic carbocycles. The number of hydrogen-bond donors (Lipinski definition) is 1. The summed E-state index contributed by atoms with van der Waals surface area (Å²) in [5.41, 5.74) is 0.637. The van der Waals surface area contributed by atoms with Crippen LogP contribution in [0.5, 0.6) is 11.5 Å². The summed E-state index contributed by atoms with van der Waals surface area (Å²) in [5.74, 6) is 0.134. The van der Waals surface area contributed by atoms with Crippen LogP contribution in [0.15, 0.2) is 29.6 Å². The number of carbonyl (C=O) groups is 2. The van der Waals surface area contributed by atoms with Crippen molar-refractivity contribution in [3.8, 4) is 11.5 Å². The largest absolute Gasteiger partial charge is 0.486 e. The van der Waals surface area contributed by atoms with Crippen molar-refractivity contribution in [3.05, 3.63) is 45.1 Å². The first-order chi connectivity index (χ1) is 12.1. The van der Waals surface area contributed by atoms with Crippen LogP contribution in [0, 0.1) is 0 Å². The number of ether oxygens (including phenoxy) is 3. The molecule has 1 aliphatic heterocycles. The lowest BCUT2D eigenvalue weighted by atomic mass is 10.1. The number of nitrogens with one attached hydrogen (secondary N) is 1. The molecule has 1 amide bonds. The summed E-state index contributed by atoms with van der Waals surface area (Å²) in [6, 6.07) is 7.15. The van der Waals surface area contributed by atoms with Gasteiger partial charge in [0.2, 0.25) is 0 Å². The van der Waals surface area contributed by atoms with Crippen LogP contribution in [0.4, 0.5) is 0 Å². The van der Waals surface area contributed by atoms with Crippen LogP contribution in [0.25, 0.3) is 0 Å². The molecule has 1 N–H and O–H groups in total. The Morgan fingerprint density at radius 2 is 2.12 bits per heavy atom. The first kappa shape index (κ1) is 17.6. The zero-order valence-corrected chi connectivity index (χ0v) is 14.8. The third-order valence-corrected chi connectivity index (χ3v) is 4.57. The van der Waals surface area contributed by atoms with Gasteiger partial charge in [-0.1, -0.05) is 17.7 Å². The predicted octanol–water partition coefficient (Wildman–Crippen LogP) is 2.57. The summed E-state index contributed by atoms with van der Waals surface area (Å²) in [6.45, 7) is 0.977. The van der Waals surface area contributed by atoms with Gasteiger partial charge in [0, 0.05) is 4.88 Å². The molecule has 1 aliphatic rings. The van der Waals surface area contributed by atoms with Gasteiger partial charge in [-0.05, 0) is 29.1 Å². The molecule has 0 unspecified atom stereocenters. The van der Waals surface area contributed by atoms with Gasteiger partial charge in [-0.3, -0.25) is 9.59 Å². The van der Waals surface area contributed by atoms with Crippen molar-refractivity contribution in [2.45, 2.75) is 13.0 Å². The van der Waals surface area contributed by atoms with Crippen molar-refractivity contribution in [1.82, 2.24) is 5.32 Å². The van der Waals surface area contributed by atoms with Gasteiger partial charge in [0.1, 0.15) is 13.2 Å². The van der Waals surface area contributed by atoms with Crippen molar-refractivity contribution in [2.75, 3.05) is 19.8 Å². The van der Waals surface area contributed by atoms with Crippen molar-refractivity contribution >= 4 is 34.8 Å². The molecular weight excluding hydrogens is 366 g/mol. The molecule has 0 saturated carbocycles. The van der Waals surface area contributed by atoms with Crippen molar-refractivity contribution < 1.29 is 23.8 Å². The molecule has 0 saturated heterocycles. The number of amides is 1. The van der Waals surface area contributed by atoms with Gasteiger partial charge in [-0.15, -0.1) is 11.3 Å². The molecule has 132 valence electrons. The summed E-state index contributed by atoms with van der Waals surface area (Å²) in [4.78, 5) is 24.6. The van der Waals surface area contributed by atoms with Gasteiger partial charge in [0.25, 0.3) is 5.91 Å². The topological polar surface area (TPSA) is 73.9 Å². The highest BCUT2D eigenvalue weighted by Gasteiger charge is 2.18. The summed E-state index contributed by atoms with van der Waals surface area (Å²) < 4.78 is 15.9. The average Bonchev–Trinajstić information content (AvgIpc) is 3.12. The van der Waals surface area contributed by atoms with Crippen LogP contribution in [-0.4, -0.2) is 31.7 Å². The van der Waals surface area contributed by atoms with E-state index in [0.29, 0.717) is 41.8 Å². The SMILES string of the molecule is O=C(COC(=O)Cc1cc(Cl)c2c(c1)OCCO2)NCc1cccs1. The van der Waals surface area contributed by atoms with Crippen LogP contribution in [0.2, 0.25) is 5.02 Å². The van der Waals surface area contributed by atoms with Crippen LogP contribution < -0.4 is 14.8 Å². The molecule has 0 fully saturated rings. The third kappa shape index (κ3) is 4.87. The molecule has 1 aromatic heterocycles. The Bertz CT molecular complexity index is 763. The molecule has 3 rings (SSSR count). The molecule has 25 heavy (non-hydrogen) atoms. The van der Waals surface area contributed by atoms with Gasteiger partial charge in [0.15, 0.2) is 18.1 Å². The van der Waals surface area contributed by atoms with E-state index in [9.17, 15) is 9.59 Å². The second kappa shape index (κ2) is 8.22. The summed E-state index contributed by atoms with van der Waals surface area (Å²) in [7, 11) is 0. The smallest absolute Gasteiger partial charge is 0.310 e. The Hall–Kier alpha value is -2.25. The maximum atomic E-state index is 11.9. The minimum absolute atomic E-state index is 0.00539. The van der Waals surface area contributed by atoms with E-state index < -0.39 is 5.97 Å². The number of hydrogen-bond acceptors (Lipinski definition) is 6. The highest BCUT2D eigenvalue weighted by atomic mass is 35.5. The fraction of sp³-hybridized carbons (Fsp3) is 0.294. The summed E-state index contributed by atoms with van der Waals surface area (Å²) in [6.07, 6.45) is -0.00539. The van der Waals surface area contributed by atoms with Gasteiger partial charge in [-0.25, -0.2) is 0 Å². The Morgan fingerprint density at radius 3 is 2.92 bits per heavy atom. The van der Waals surface area contributed by atoms with Crippen molar-refractivity contribution in [2.24, 2.45) is 0 Å². The van der Waals surface area contributed by atoms with E-state index in [2.05, 4.69) is 5.32 Å². The Kier molecular flexibility index (Phi) is 5.78. The maximum absolute atomic E-state index is 11.9. The number of halogens is 1. The molecule has 0 spiro atoms. The van der Waals surface area contributed by atoms with Gasteiger partial charge in [0.05, 0.1) is 18.0 Å². The number of rotatable bonds is 6. The van der Waals surface area contributed by atoms with Crippen LogP contribution in [0.3, 0.4) is 0 Å². The van der Waals surface area contributed by atoms with E-state index in [1.165, 1.54) is 0 Å². The number of esters is 1. The predicted molar refractivity (Wildman–Crippen MR) is 93.3 cm³/mol. The highest BCUT2D eigenvalue weighted by Crippen LogP contribution is 2.38. The van der Waals surface area contributed by atoms with E-state index in [1.54, 1.807) is 23.5 Å². The molecule has 0 aliphatic carbocycles.